The number of nitrogens with zero attached hydrogens (tertiary/aromatic N) is 1. The molecule has 2 aromatic rings. The van der Waals surface area contributed by atoms with E-state index in [1.165, 1.54) is 0 Å². The van der Waals surface area contributed by atoms with E-state index in [1.54, 1.807) is 6.21 Å². The van der Waals surface area contributed by atoms with Crippen molar-refractivity contribution in [3.05, 3.63) is 78.4 Å². The number of carbonyl (C=O) groups is 1. The van der Waals surface area contributed by atoms with Crippen LogP contribution in [0, 0.1) is 0 Å². The van der Waals surface area contributed by atoms with Gasteiger partial charge in [0.05, 0.1) is 5.69 Å². The number of hydrogen-bond acceptors (Lipinski definition) is 3. The highest BCUT2D eigenvalue weighted by atomic mass is 16.5. The summed E-state index contributed by atoms with van der Waals surface area (Å²) in [5.74, 6) is -0.417. The van der Waals surface area contributed by atoms with Gasteiger partial charge in [-0.15, -0.1) is 0 Å². The molecule has 0 atom stereocenters. The summed E-state index contributed by atoms with van der Waals surface area (Å²) in [5.41, 5.74) is 2.83. The van der Waals surface area contributed by atoms with Gasteiger partial charge in [-0.3, -0.25) is 4.99 Å². The van der Waals surface area contributed by atoms with E-state index in [-0.39, 0.29) is 6.61 Å². The van der Waals surface area contributed by atoms with Gasteiger partial charge in [-0.05, 0) is 23.3 Å². The predicted molar refractivity (Wildman–Crippen MR) is 80.1 cm³/mol. The smallest absolute Gasteiger partial charge is 0.330 e. The van der Waals surface area contributed by atoms with Gasteiger partial charge < -0.3 is 4.74 Å². The van der Waals surface area contributed by atoms with Crippen LogP contribution in [0.1, 0.15) is 11.1 Å². The Hall–Kier alpha value is -2.68. The molecule has 0 saturated carbocycles. The molecule has 100 valence electrons. The van der Waals surface area contributed by atoms with Gasteiger partial charge in [0.2, 0.25) is 0 Å². The minimum atomic E-state index is -0.417. The summed E-state index contributed by atoms with van der Waals surface area (Å²) in [7, 11) is 0. The molecule has 0 amide bonds. The van der Waals surface area contributed by atoms with Crippen LogP contribution in [0.15, 0.2) is 72.2 Å². The third kappa shape index (κ3) is 4.21. The highest BCUT2D eigenvalue weighted by molar-refractivity contribution is 5.82. The van der Waals surface area contributed by atoms with Crippen molar-refractivity contribution >= 4 is 17.9 Å². The largest absolute Gasteiger partial charge is 0.458 e. The average Bonchev–Trinajstić information content (AvgIpc) is 2.52. The molecule has 0 spiro atoms. The minimum absolute atomic E-state index is 0.251. The zero-order valence-electron chi connectivity index (χ0n) is 11.0. The zero-order valence-corrected chi connectivity index (χ0v) is 11.0. The SMILES string of the molecule is C=CC(=O)OCc1ccc(C=Nc2ccccc2)cc1. The maximum Gasteiger partial charge on any atom is 0.330 e. The van der Waals surface area contributed by atoms with Crippen molar-refractivity contribution in [2.45, 2.75) is 6.61 Å². The number of para-hydroxylation sites is 1. The Morgan fingerprint density at radius 1 is 1.10 bits per heavy atom. The van der Waals surface area contributed by atoms with Crippen LogP contribution in [0.3, 0.4) is 0 Å². The lowest BCUT2D eigenvalue weighted by atomic mass is 10.1. The fourth-order valence-corrected chi connectivity index (χ4v) is 1.58. The number of esters is 1. The summed E-state index contributed by atoms with van der Waals surface area (Å²) in [4.78, 5) is 15.3. The van der Waals surface area contributed by atoms with Gasteiger partial charge in [0, 0.05) is 12.3 Å². The first kappa shape index (κ1) is 13.7. The van der Waals surface area contributed by atoms with Gasteiger partial charge in [0.1, 0.15) is 6.61 Å². The number of rotatable bonds is 5. The molecule has 3 heteroatoms. The number of aliphatic imine (C=N–C) groups is 1. The van der Waals surface area contributed by atoms with Crippen LogP contribution < -0.4 is 0 Å². The van der Waals surface area contributed by atoms with Gasteiger partial charge in [-0.25, -0.2) is 4.79 Å². The fraction of sp³-hybridized carbons (Fsp3) is 0.0588. The Morgan fingerprint density at radius 2 is 1.80 bits per heavy atom. The van der Waals surface area contributed by atoms with Crippen LogP contribution >= 0.6 is 0 Å². The van der Waals surface area contributed by atoms with E-state index in [1.807, 2.05) is 54.6 Å². The zero-order chi connectivity index (χ0) is 14.2. The highest BCUT2D eigenvalue weighted by Gasteiger charge is 1.97. The molecule has 0 unspecified atom stereocenters. The third-order valence-corrected chi connectivity index (χ3v) is 2.65. The minimum Gasteiger partial charge on any atom is -0.458 e. The molecule has 0 N–H and O–H groups in total. The summed E-state index contributed by atoms with van der Waals surface area (Å²) in [6, 6.07) is 17.4. The highest BCUT2D eigenvalue weighted by Crippen LogP contribution is 2.10. The standard InChI is InChI=1S/C17H15NO2/c1-2-17(19)20-13-15-10-8-14(9-11-15)12-18-16-6-4-3-5-7-16/h2-12H,1,13H2. The topological polar surface area (TPSA) is 38.7 Å². The van der Waals surface area contributed by atoms with Gasteiger partial charge in [0.25, 0.3) is 0 Å². The lowest BCUT2D eigenvalue weighted by molar-refractivity contribution is -0.138. The molecule has 20 heavy (non-hydrogen) atoms. The number of benzene rings is 2. The van der Waals surface area contributed by atoms with Crippen molar-refractivity contribution in [3.8, 4) is 0 Å². The lowest BCUT2D eigenvalue weighted by Crippen LogP contribution is -2.00. The molecule has 0 fully saturated rings. The number of carbonyl (C=O) groups excluding carboxylic acids is 1. The molecule has 0 radical (unpaired) electrons. The maximum absolute atomic E-state index is 10.9. The fourth-order valence-electron chi connectivity index (χ4n) is 1.58. The molecule has 0 aliphatic rings. The van der Waals surface area contributed by atoms with E-state index in [0.717, 1.165) is 22.9 Å². The van der Waals surface area contributed by atoms with Crippen LogP contribution in [-0.4, -0.2) is 12.2 Å². The van der Waals surface area contributed by atoms with Crippen molar-refractivity contribution in [1.29, 1.82) is 0 Å². The van der Waals surface area contributed by atoms with E-state index in [2.05, 4.69) is 11.6 Å². The van der Waals surface area contributed by atoms with Crippen molar-refractivity contribution in [2.24, 2.45) is 4.99 Å². The van der Waals surface area contributed by atoms with Gasteiger partial charge in [0.15, 0.2) is 0 Å². The lowest BCUT2D eigenvalue weighted by Gasteiger charge is -2.02. The first-order valence-electron chi connectivity index (χ1n) is 6.25. The second-order valence-corrected chi connectivity index (χ2v) is 4.15. The number of ether oxygens (including phenoxy) is 1. The Kier molecular flexibility index (Phi) is 4.84. The molecule has 2 rings (SSSR count). The molecule has 0 aromatic heterocycles. The van der Waals surface area contributed by atoms with Crippen molar-refractivity contribution in [1.82, 2.24) is 0 Å². The second-order valence-electron chi connectivity index (χ2n) is 4.15. The van der Waals surface area contributed by atoms with Gasteiger partial charge >= 0.3 is 5.97 Å². The van der Waals surface area contributed by atoms with Gasteiger partial charge in [-0.2, -0.15) is 0 Å². The quantitative estimate of drug-likeness (QED) is 0.470. The van der Waals surface area contributed by atoms with E-state index >= 15 is 0 Å². The molecule has 0 aliphatic heterocycles. The van der Waals surface area contributed by atoms with Crippen LogP contribution in [0.25, 0.3) is 0 Å². The van der Waals surface area contributed by atoms with Crippen LogP contribution in [0.2, 0.25) is 0 Å². The molecule has 0 aliphatic carbocycles. The molecule has 0 heterocycles. The predicted octanol–water partition coefficient (Wildman–Crippen LogP) is 3.67. The van der Waals surface area contributed by atoms with Crippen LogP contribution in [0.4, 0.5) is 5.69 Å². The third-order valence-electron chi connectivity index (χ3n) is 2.65. The van der Waals surface area contributed by atoms with Crippen molar-refractivity contribution in [2.75, 3.05) is 0 Å². The van der Waals surface area contributed by atoms with E-state index in [9.17, 15) is 4.79 Å². The molecule has 3 nitrogen and oxygen atoms in total. The van der Waals surface area contributed by atoms with Crippen LogP contribution in [0.5, 0.6) is 0 Å². The number of hydrogen-bond donors (Lipinski definition) is 0. The summed E-state index contributed by atoms with van der Waals surface area (Å²) >= 11 is 0. The Morgan fingerprint density at radius 3 is 2.45 bits per heavy atom. The van der Waals surface area contributed by atoms with Crippen molar-refractivity contribution in [3.63, 3.8) is 0 Å². The van der Waals surface area contributed by atoms with E-state index < -0.39 is 5.97 Å². The van der Waals surface area contributed by atoms with Crippen LogP contribution in [-0.2, 0) is 16.1 Å². The molecule has 0 bridgehead atoms. The molecule has 0 saturated heterocycles. The molecular formula is C17H15NO2. The summed E-state index contributed by atoms with van der Waals surface area (Å²) in [6.07, 6.45) is 2.95. The molecule has 2 aromatic carbocycles. The Balaban J connectivity index is 1.96. The average molecular weight is 265 g/mol. The summed E-state index contributed by atoms with van der Waals surface area (Å²) in [5, 5.41) is 0. The first-order chi connectivity index (χ1) is 9.78. The molecular weight excluding hydrogens is 250 g/mol. The maximum atomic E-state index is 10.9. The van der Waals surface area contributed by atoms with E-state index in [4.69, 9.17) is 4.74 Å². The normalized spacial score (nSPS) is 10.4. The Bertz CT molecular complexity index is 601. The monoisotopic (exact) mass is 265 g/mol. The second kappa shape index (κ2) is 7.04. The van der Waals surface area contributed by atoms with Gasteiger partial charge in [-0.1, -0.05) is 49.0 Å². The summed E-state index contributed by atoms with van der Waals surface area (Å²) in [6.45, 7) is 3.60. The van der Waals surface area contributed by atoms with E-state index in [0.29, 0.717) is 0 Å². The Labute approximate surface area is 118 Å². The summed E-state index contributed by atoms with van der Waals surface area (Å²) < 4.78 is 4.96. The first-order valence-corrected chi connectivity index (χ1v) is 6.25. The van der Waals surface area contributed by atoms with Crippen molar-refractivity contribution < 1.29 is 9.53 Å².